The molecule has 0 unspecified atom stereocenters. The summed E-state index contributed by atoms with van der Waals surface area (Å²) in [6.07, 6.45) is 5.77. The molecule has 0 bridgehead atoms. The SMILES string of the molecule is Cc1ccc2c(c1N)SCC=C2c1cnc[nH]1. The van der Waals surface area contributed by atoms with E-state index in [1.165, 1.54) is 16.0 Å². The third kappa shape index (κ3) is 1.65. The third-order valence-electron chi connectivity index (χ3n) is 3.01. The van der Waals surface area contributed by atoms with Crippen molar-refractivity contribution in [1.29, 1.82) is 0 Å². The highest BCUT2D eigenvalue weighted by Gasteiger charge is 2.18. The molecule has 0 radical (unpaired) electrons. The quantitative estimate of drug-likeness (QED) is 0.757. The molecule has 0 saturated heterocycles. The second-order valence-electron chi connectivity index (χ2n) is 4.07. The van der Waals surface area contributed by atoms with E-state index in [-0.39, 0.29) is 0 Å². The first-order valence-corrected chi connectivity index (χ1v) is 6.47. The number of nitrogens with two attached hydrogens (primary N) is 1. The van der Waals surface area contributed by atoms with Gasteiger partial charge in [-0.05, 0) is 18.1 Å². The van der Waals surface area contributed by atoms with Gasteiger partial charge in [-0.25, -0.2) is 4.98 Å². The van der Waals surface area contributed by atoms with E-state index in [9.17, 15) is 0 Å². The first-order chi connectivity index (χ1) is 8.27. The Balaban J connectivity index is 2.18. The number of nitrogen functional groups attached to an aromatic ring is 1. The largest absolute Gasteiger partial charge is 0.398 e. The van der Waals surface area contributed by atoms with Crippen LogP contribution in [0.5, 0.6) is 0 Å². The number of anilines is 1. The molecule has 0 amide bonds. The third-order valence-corrected chi connectivity index (χ3v) is 4.07. The minimum absolute atomic E-state index is 0.901. The fourth-order valence-corrected chi connectivity index (χ4v) is 3.11. The number of thioether (sulfide) groups is 1. The van der Waals surface area contributed by atoms with Gasteiger partial charge in [0.15, 0.2) is 0 Å². The number of imidazole rings is 1. The van der Waals surface area contributed by atoms with Crippen LogP contribution in [0.3, 0.4) is 0 Å². The maximum Gasteiger partial charge on any atom is 0.0924 e. The van der Waals surface area contributed by atoms with E-state index in [4.69, 9.17) is 5.73 Å². The van der Waals surface area contributed by atoms with E-state index in [1.807, 2.05) is 13.1 Å². The van der Waals surface area contributed by atoms with Gasteiger partial charge in [0, 0.05) is 21.9 Å². The van der Waals surface area contributed by atoms with Gasteiger partial charge in [0.05, 0.1) is 18.2 Å². The molecule has 0 aliphatic carbocycles. The van der Waals surface area contributed by atoms with Crippen LogP contribution in [0.4, 0.5) is 5.69 Å². The maximum absolute atomic E-state index is 6.15. The van der Waals surface area contributed by atoms with Gasteiger partial charge in [-0.3, -0.25) is 0 Å². The number of hydrogen-bond donors (Lipinski definition) is 2. The Bertz CT molecular complexity index is 585. The first-order valence-electron chi connectivity index (χ1n) is 5.48. The Hall–Kier alpha value is -1.68. The van der Waals surface area contributed by atoms with Crippen molar-refractivity contribution in [1.82, 2.24) is 9.97 Å². The normalized spacial score (nSPS) is 14.3. The molecule has 1 aromatic carbocycles. The topological polar surface area (TPSA) is 54.7 Å². The highest BCUT2D eigenvalue weighted by molar-refractivity contribution is 7.99. The van der Waals surface area contributed by atoms with Crippen LogP contribution in [-0.4, -0.2) is 15.7 Å². The number of benzene rings is 1. The zero-order valence-electron chi connectivity index (χ0n) is 9.53. The van der Waals surface area contributed by atoms with Crippen LogP contribution in [0.1, 0.15) is 16.8 Å². The molecule has 0 fully saturated rings. The molecule has 2 heterocycles. The number of rotatable bonds is 1. The number of aromatic nitrogens is 2. The van der Waals surface area contributed by atoms with Crippen molar-refractivity contribution >= 4 is 23.0 Å². The van der Waals surface area contributed by atoms with Crippen LogP contribution in [0, 0.1) is 6.92 Å². The summed E-state index contributed by atoms with van der Waals surface area (Å²) in [6, 6.07) is 4.21. The fraction of sp³-hybridized carbons (Fsp3) is 0.154. The van der Waals surface area contributed by atoms with Gasteiger partial charge < -0.3 is 10.7 Å². The number of nitrogens with one attached hydrogen (secondary N) is 1. The summed E-state index contributed by atoms with van der Waals surface area (Å²) in [5.41, 5.74) is 11.6. The van der Waals surface area contributed by atoms with Crippen molar-refractivity contribution in [3.8, 4) is 0 Å². The highest BCUT2D eigenvalue weighted by Crippen LogP contribution is 2.40. The van der Waals surface area contributed by atoms with Crippen molar-refractivity contribution in [3.05, 3.63) is 47.6 Å². The lowest BCUT2D eigenvalue weighted by molar-refractivity contribution is 1.27. The monoisotopic (exact) mass is 243 g/mol. The van der Waals surface area contributed by atoms with Gasteiger partial charge in [0.2, 0.25) is 0 Å². The number of hydrogen-bond acceptors (Lipinski definition) is 3. The summed E-state index contributed by atoms with van der Waals surface area (Å²) in [5.74, 6) is 0.953. The number of fused-ring (bicyclic) bond motifs is 1. The Morgan fingerprint density at radius 2 is 2.29 bits per heavy atom. The molecular weight excluding hydrogens is 230 g/mol. The Morgan fingerprint density at radius 1 is 1.41 bits per heavy atom. The van der Waals surface area contributed by atoms with E-state index in [1.54, 1.807) is 18.1 Å². The van der Waals surface area contributed by atoms with Crippen molar-refractivity contribution < 1.29 is 0 Å². The van der Waals surface area contributed by atoms with E-state index < -0.39 is 0 Å². The number of nitrogens with zero attached hydrogens (tertiary/aromatic N) is 1. The predicted octanol–water partition coefficient (Wildman–Crippen LogP) is 2.84. The first kappa shape index (κ1) is 10.5. The minimum Gasteiger partial charge on any atom is -0.398 e. The van der Waals surface area contributed by atoms with Gasteiger partial charge in [-0.15, -0.1) is 11.8 Å². The molecule has 3 N–H and O–H groups in total. The van der Waals surface area contributed by atoms with Gasteiger partial charge in [0.25, 0.3) is 0 Å². The lowest BCUT2D eigenvalue weighted by atomic mass is 10.00. The number of aromatic amines is 1. The second kappa shape index (κ2) is 3.96. The molecule has 1 aromatic heterocycles. The van der Waals surface area contributed by atoms with Gasteiger partial charge >= 0.3 is 0 Å². The van der Waals surface area contributed by atoms with E-state index in [2.05, 4.69) is 28.2 Å². The Morgan fingerprint density at radius 3 is 3.06 bits per heavy atom. The summed E-state index contributed by atoms with van der Waals surface area (Å²) < 4.78 is 0. The van der Waals surface area contributed by atoms with Crippen molar-refractivity contribution in [3.63, 3.8) is 0 Å². The summed E-state index contributed by atoms with van der Waals surface area (Å²) in [4.78, 5) is 8.42. The maximum atomic E-state index is 6.15. The molecule has 3 rings (SSSR count). The van der Waals surface area contributed by atoms with Crippen LogP contribution in [-0.2, 0) is 0 Å². The fourth-order valence-electron chi connectivity index (χ4n) is 2.04. The van der Waals surface area contributed by atoms with Crippen molar-refractivity contribution in [2.45, 2.75) is 11.8 Å². The zero-order chi connectivity index (χ0) is 11.8. The summed E-state index contributed by atoms with van der Waals surface area (Å²) in [5, 5.41) is 0. The molecule has 0 atom stereocenters. The second-order valence-corrected chi connectivity index (χ2v) is 5.10. The van der Waals surface area contributed by atoms with Crippen LogP contribution >= 0.6 is 11.8 Å². The van der Waals surface area contributed by atoms with Gasteiger partial charge in [-0.1, -0.05) is 18.2 Å². The predicted molar refractivity (Wildman–Crippen MR) is 72.0 cm³/mol. The highest BCUT2D eigenvalue weighted by atomic mass is 32.2. The molecule has 17 heavy (non-hydrogen) atoms. The summed E-state index contributed by atoms with van der Waals surface area (Å²) >= 11 is 1.79. The van der Waals surface area contributed by atoms with Crippen LogP contribution in [0.15, 0.2) is 35.6 Å². The average Bonchev–Trinajstić information content (AvgIpc) is 2.87. The summed E-state index contributed by atoms with van der Waals surface area (Å²) in [6.45, 7) is 2.05. The molecule has 1 aliphatic heterocycles. The molecule has 3 nitrogen and oxygen atoms in total. The molecule has 1 aliphatic rings. The zero-order valence-corrected chi connectivity index (χ0v) is 10.3. The summed E-state index contributed by atoms with van der Waals surface area (Å²) in [7, 11) is 0. The molecule has 0 spiro atoms. The van der Waals surface area contributed by atoms with Crippen molar-refractivity contribution in [2.24, 2.45) is 0 Å². The van der Waals surface area contributed by atoms with E-state index in [0.29, 0.717) is 0 Å². The van der Waals surface area contributed by atoms with Crippen molar-refractivity contribution in [2.75, 3.05) is 11.5 Å². The van der Waals surface area contributed by atoms with Crippen LogP contribution in [0.2, 0.25) is 0 Å². The lowest BCUT2D eigenvalue weighted by Crippen LogP contribution is -2.02. The molecular formula is C13H13N3S. The standard InChI is InChI=1S/C13H13N3S/c1-8-2-3-10-9(11-6-15-7-16-11)4-5-17-13(10)12(8)14/h2-4,6-7H,5,14H2,1H3,(H,15,16). The van der Waals surface area contributed by atoms with Gasteiger partial charge in [-0.2, -0.15) is 0 Å². The molecule has 86 valence electrons. The van der Waals surface area contributed by atoms with Gasteiger partial charge in [0.1, 0.15) is 0 Å². The number of H-pyrrole nitrogens is 1. The molecule has 2 aromatic rings. The smallest absolute Gasteiger partial charge is 0.0924 e. The molecule has 4 heteroatoms. The lowest BCUT2D eigenvalue weighted by Gasteiger charge is -2.19. The molecule has 0 saturated carbocycles. The van der Waals surface area contributed by atoms with Crippen LogP contribution < -0.4 is 5.73 Å². The minimum atomic E-state index is 0.901. The van der Waals surface area contributed by atoms with E-state index >= 15 is 0 Å². The Kier molecular flexibility index (Phi) is 2.44. The average molecular weight is 243 g/mol. The Labute approximate surface area is 104 Å². The number of aryl methyl sites for hydroxylation is 1. The van der Waals surface area contributed by atoms with E-state index in [0.717, 1.165) is 22.7 Å². The van der Waals surface area contributed by atoms with Crippen LogP contribution in [0.25, 0.3) is 5.57 Å².